The minimum Gasteiger partial charge on any atom is -0.393 e. The molecule has 0 aromatic carbocycles. The SMILES string of the molecule is COCCCN(C)C(C)CC(N)=S. The summed E-state index contributed by atoms with van der Waals surface area (Å²) in [6.45, 7) is 3.97. The van der Waals surface area contributed by atoms with E-state index in [2.05, 4.69) is 18.9 Å². The molecule has 0 heterocycles. The third kappa shape index (κ3) is 6.93. The van der Waals surface area contributed by atoms with E-state index in [1.807, 2.05) is 0 Å². The molecule has 0 aliphatic carbocycles. The monoisotopic (exact) mass is 204 g/mol. The van der Waals surface area contributed by atoms with Gasteiger partial charge in [0.05, 0.1) is 4.99 Å². The first-order valence-corrected chi connectivity index (χ1v) is 4.96. The molecule has 0 saturated carbocycles. The Balaban J connectivity index is 3.56. The molecule has 4 heteroatoms. The third-order valence-corrected chi connectivity index (χ3v) is 2.27. The first-order valence-electron chi connectivity index (χ1n) is 4.55. The van der Waals surface area contributed by atoms with E-state index in [0.717, 1.165) is 26.0 Å². The van der Waals surface area contributed by atoms with E-state index in [1.54, 1.807) is 7.11 Å². The van der Waals surface area contributed by atoms with Gasteiger partial charge in [0.15, 0.2) is 0 Å². The van der Waals surface area contributed by atoms with E-state index < -0.39 is 0 Å². The Bertz CT molecular complexity index is 153. The van der Waals surface area contributed by atoms with Gasteiger partial charge in [-0.15, -0.1) is 0 Å². The van der Waals surface area contributed by atoms with Crippen LogP contribution in [0.3, 0.4) is 0 Å². The molecule has 78 valence electrons. The standard InChI is InChI=1S/C9H20N2OS/c1-8(7-9(10)13)11(2)5-4-6-12-3/h8H,4-7H2,1-3H3,(H2,10,13). The van der Waals surface area contributed by atoms with Gasteiger partial charge in [0.1, 0.15) is 0 Å². The van der Waals surface area contributed by atoms with Crippen molar-refractivity contribution in [1.29, 1.82) is 0 Å². The van der Waals surface area contributed by atoms with Gasteiger partial charge in [-0.2, -0.15) is 0 Å². The Morgan fingerprint density at radius 1 is 1.62 bits per heavy atom. The number of rotatable bonds is 7. The highest BCUT2D eigenvalue weighted by Crippen LogP contribution is 2.01. The predicted octanol–water partition coefficient (Wildman–Crippen LogP) is 1.02. The lowest BCUT2D eigenvalue weighted by molar-refractivity contribution is 0.169. The highest BCUT2D eigenvalue weighted by atomic mass is 32.1. The van der Waals surface area contributed by atoms with Gasteiger partial charge in [-0.25, -0.2) is 0 Å². The van der Waals surface area contributed by atoms with Crippen molar-refractivity contribution in [3.63, 3.8) is 0 Å². The minimum absolute atomic E-state index is 0.425. The molecule has 0 amide bonds. The second-order valence-corrected chi connectivity index (χ2v) is 3.87. The molecule has 0 aromatic rings. The lowest BCUT2D eigenvalue weighted by atomic mass is 10.2. The molecule has 0 bridgehead atoms. The number of thiocarbonyl (C=S) groups is 1. The molecule has 0 radical (unpaired) electrons. The molecule has 0 rings (SSSR count). The Labute approximate surface area is 86.2 Å². The van der Waals surface area contributed by atoms with Crippen molar-refractivity contribution in [3.05, 3.63) is 0 Å². The maximum atomic E-state index is 5.47. The molecule has 0 aliphatic heterocycles. The molecule has 3 nitrogen and oxygen atoms in total. The molecule has 0 aromatic heterocycles. The second-order valence-electron chi connectivity index (χ2n) is 3.35. The highest BCUT2D eigenvalue weighted by molar-refractivity contribution is 7.80. The van der Waals surface area contributed by atoms with E-state index in [-0.39, 0.29) is 0 Å². The summed E-state index contributed by atoms with van der Waals surface area (Å²) < 4.78 is 4.98. The lowest BCUT2D eigenvalue weighted by Crippen LogP contribution is -2.33. The van der Waals surface area contributed by atoms with E-state index in [1.165, 1.54) is 0 Å². The van der Waals surface area contributed by atoms with Crippen LogP contribution in [0.1, 0.15) is 19.8 Å². The fraction of sp³-hybridized carbons (Fsp3) is 0.889. The van der Waals surface area contributed by atoms with E-state index in [9.17, 15) is 0 Å². The van der Waals surface area contributed by atoms with Crippen molar-refractivity contribution in [1.82, 2.24) is 4.90 Å². The zero-order valence-electron chi connectivity index (χ0n) is 8.75. The Hall–Kier alpha value is -0.190. The summed E-state index contributed by atoms with van der Waals surface area (Å²) >= 11 is 4.85. The molecule has 0 fully saturated rings. The molecule has 2 N–H and O–H groups in total. The van der Waals surface area contributed by atoms with Gasteiger partial charge in [-0.3, -0.25) is 0 Å². The van der Waals surface area contributed by atoms with Crippen molar-refractivity contribution in [2.24, 2.45) is 5.73 Å². The van der Waals surface area contributed by atoms with Crippen LogP contribution in [0.2, 0.25) is 0 Å². The number of nitrogens with two attached hydrogens (primary N) is 1. The summed E-state index contributed by atoms with van der Waals surface area (Å²) in [4.78, 5) is 2.84. The van der Waals surface area contributed by atoms with Crippen LogP contribution >= 0.6 is 12.2 Å². The van der Waals surface area contributed by atoms with Gasteiger partial charge in [0, 0.05) is 32.7 Å². The largest absolute Gasteiger partial charge is 0.393 e. The van der Waals surface area contributed by atoms with Gasteiger partial charge in [-0.05, 0) is 20.4 Å². The van der Waals surface area contributed by atoms with Crippen molar-refractivity contribution >= 4 is 17.2 Å². The zero-order valence-corrected chi connectivity index (χ0v) is 9.56. The minimum atomic E-state index is 0.425. The number of ether oxygens (including phenoxy) is 1. The van der Waals surface area contributed by atoms with Crippen LogP contribution in [0.15, 0.2) is 0 Å². The van der Waals surface area contributed by atoms with Crippen molar-refractivity contribution in [2.45, 2.75) is 25.8 Å². The molecular formula is C9H20N2OS. The topological polar surface area (TPSA) is 38.5 Å². The maximum absolute atomic E-state index is 5.47. The summed E-state index contributed by atoms with van der Waals surface area (Å²) in [5.74, 6) is 0. The predicted molar refractivity (Wildman–Crippen MR) is 60.0 cm³/mol. The average Bonchev–Trinajstić information content (AvgIpc) is 2.03. The van der Waals surface area contributed by atoms with E-state index in [4.69, 9.17) is 22.7 Å². The van der Waals surface area contributed by atoms with Gasteiger partial charge in [0.25, 0.3) is 0 Å². The van der Waals surface area contributed by atoms with E-state index in [0.29, 0.717) is 11.0 Å². The van der Waals surface area contributed by atoms with Crippen molar-refractivity contribution in [3.8, 4) is 0 Å². The lowest BCUT2D eigenvalue weighted by Gasteiger charge is -2.23. The summed E-state index contributed by atoms with van der Waals surface area (Å²) in [5.41, 5.74) is 5.47. The number of hydrogen-bond donors (Lipinski definition) is 1. The molecule has 1 unspecified atom stereocenters. The van der Waals surface area contributed by atoms with Crippen LogP contribution in [0, 0.1) is 0 Å². The van der Waals surface area contributed by atoms with Crippen LogP contribution in [-0.4, -0.2) is 43.2 Å². The van der Waals surface area contributed by atoms with Crippen molar-refractivity contribution in [2.75, 3.05) is 27.3 Å². The van der Waals surface area contributed by atoms with Crippen LogP contribution in [0.5, 0.6) is 0 Å². The number of methoxy groups -OCH3 is 1. The Morgan fingerprint density at radius 3 is 2.69 bits per heavy atom. The first kappa shape index (κ1) is 12.8. The maximum Gasteiger partial charge on any atom is 0.0742 e. The summed E-state index contributed by atoms with van der Waals surface area (Å²) in [7, 11) is 3.80. The van der Waals surface area contributed by atoms with Gasteiger partial charge < -0.3 is 15.4 Å². The summed E-state index contributed by atoms with van der Waals surface area (Å²) in [5, 5.41) is 0. The molecule has 0 spiro atoms. The van der Waals surface area contributed by atoms with Crippen molar-refractivity contribution < 1.29 is 4.74 Å². The molecule has 13 heavy (non-hydrogen) atoms. The molecule has 0 saturated heterocycles. The number of hydrogen-bond acceptors (Lipinski definition) is 3. The molecule has 1 atom stereocenters. The first-order chi connectivity index (χ1) is 6.07. The zero-order chi connectivity index (χ0) is 10.3. The Morgan fingerprint density at radius 2 is 2.23 bits per heavy atom. The van der Waals surface area contributed by atoms with Gasteiger partial charge in [-0.1, -0.05) is 12.2 Å². The van der Waals surface area contributed by atoms with Crippen LogP contribution in [-0.2, 0) is 4.74 Å². The van der Waals surface area contributed by atoms with Crippen LogP contribution in [0.25, 0.3) is 0 Å². The fourth-order valence-electron chi connectivity index (χ4n) is 1.13. The Kier molecular flexibility index (Phi) is 7.13. The van der Waals surface area contributed by atoms with Crippen LogP contribution in [0.4, 0.5) is 0 Å². The smallest absolute Gasteiger partial charge is 0.0742 e. The second kappa shape index (κ2) is 7.24. The average molecular weight is 204 g/mol. The van der Waals surface area contributed by atoms with E-state index >= 15 is 0 Å². The fourth-order valence-corrected chi connectivity index (χ4v) is 1.37. The summed E-state index contributed by atoms with van der Waals surface area (Å²) in [6.07, 6.45) is 1.84. The van der Waals surface area contributed by atoms with Gasteiger partial charge >= 0.3 is 0 Å². The summed E-state index contributed by atoms with van der Waals surface area (Å²) in [6, 6.07) is 0.425. The number of nitrogens with zero attached hydrogens (tertiary/aromatic N) is 1. The van der Waals surface area contributed by atoms with Crippen LogP contribution < -0.4 is 5.73 Å². The molecular weight excluding hydrogens is 184 g/mol. The normalized spacial score (nSPS) is 13.2. The highest BCUT2D eigenvalue weighted by Gasteiger charge is 2.09. The molecule has 0 aliphatic rings. The van der Waals surface area contributed by atoms with Gasteiger partial charge in [0.2, 0.25) is 0 Å². The quantitative estimate of drug-likeness (QED) is 0.496. The third-order valence-electron chi connectivity index (χ3n) is 2.11.